The van der Waals surface area contributed by atoms with Crippen molar-refractivity contribution >= 4 is 22.5 Å². The van der Waals surface area contributed by atoms with Crippen molar-refractivity contribution in [2.75, 3.05) is 7.11 Å². The highest BCUT2D eigenvalue weighted by atomic mass is 35.5. The largest absolute Gasteiger partial charge is 0.497 e. The van der Waals surface area contributed by atoms with E-state index in [1.165, 1.54) is 23.9 Å². The summed E-state index contributed by atoms with van der Waals surface area (Å²) in [5, 5.41) is 4.55. The molecule has 0 atom stereocenters. The lowest BCUT2D eigenvalue weighted by Gasteiger charge is -2.11. The Morgan fingerprint density at radius 1 is 1.10 bits per heavy atom. The number of rotatable bonds is 4. The molecule has 0 N–H and O–H groups in total. The lowest BCUT2D eigenvalue weighted by atomic mass is 10.1. The van der Waals surface area contributed by atoms with Crippen LogP contribution in [0.25, 0.3) is 27.8 Å². The molecule has 2 aromatic heterocycles. The topological polar surface area (TPSA) is 32.0 Å². The van der Waals surface area contributed by atoms with Crippen molar-refractivity contribution in [1.82, 2.24) is 14.3 Å². The Balaban J connectivity index is 1.82. The normalized spacial score (nSPS) is 12.0. The van der Waals surface area contributed by atoms with E-state index in [2.05, 4.69) is 5.10 Å². The van der Waals surface area contributed by atoms with Gasteiger partial charge < -0.3 is 9.30 Å². The summed E-state index contributed by atoms with van der Waals surface area (Å²) >= 11 is 6.26. The van der Waals surface area contributed by atoms with E-state index in [0.29, 0.717) is 22.5 Å². The van der Waals surface area contributed by atoms with Gasteiger partial charge in [-0.1, -0.05) is 17.7 Å². The van der Waals surface area contributed by atoms with Crippen molar-refractivity contribution in [2.24, 2.45) is 0 Å². The van der Waals surface area contributed by atoms with Crippen molar-refractivity contribution in [3.63, 3.8) is 0 Å². The molecule has 156 valence electrons. The average Bonchev–Trinajstić information content (AvgIpc) is 3.31. The molecule has 0 aliphatic heterocycles. The summed E-state index contributed by atoms with van der Waals surface area (Å²) in [6, 6.07) is 10.7. The Hall–Kier alpha value is -3.00. The smallest absolute Gasteiger partial charge is 0.435 e. The van der Waals surface area contributed by atoms with Crippen LogP contribution in [0.4, 0.5) is 17.6 Å². The van der Waals surface area contributed by atoms with Gasteiger partial charge in [0.15, 0.2) is 11.5 Å². The highest BCUT2D eigenvalue weighted by Gasteiger charge is 2.35. The number of nitrogens with zero attached hydrogens (tertiary/aromatic N) is 3. The quantitative estimate of drug-likeness (QED) is 0.349. The van der Waals surface area contributed by atoms with Gasteiger partial charge in [-0.15, -0.1) is 0 Å². The highest BCUT2D eigenvalue weighted by Crippen LogP contribution is 2.35. The molecule has 0 aliphatic rings. The van der Waals surface area contributed by atoms with Gasteiger partial charge in [0.05, 0.1) is 23.3 Å². The van der Waals surface area contributed by atoms with Crippen molar-refractivity contribution in [3.8, 4) is 22.7 Å². The molecule has 0 amide bonds. The number of ether oxygens (including phenoxy) is 1. The molecule has 0 spiro atoms. The van der Waals surface area contributed by atoms with Gasteiger partial charge in [-0.05, 0) is 31.2 Å². The summed E-state index contributed by atoms with van der Waals surface area (Å²) in [6.07, 6.45) is -2.87. The SMILES string of the molecule is CCn1nc(C(F)(F)F)cc1-c1ccc2c(ccn2-c2c(F)cc(OC)cc2Cl)c1. The third kappa shape index (κ3) is 3.41. The zero-order valence-corrected chi connectivity index (χ0v) is 16.7. The standard InChI is InChI=1S/C21H16ClF4N3O/c1-3-29-18(11-19(27-29)21(24,25)26)12-4-5-17-13(8-12)6-7-28(17)20-15(22)9-14(30-2)10-16(20)23/h4-11H,3H2,1-2H3. The maximum absolute atomic E-state index is 14.6. The van der Waals surface area contributed by atoms with Crippen LogP contribution in [-0.4, -0.2) is 21.5 Å². The van der Waals surface area contributed by atoms with E-state index in [9.17, 15) is 17.6 Å². The second kappa shape index (κ2) is 7.36. The summed E-state index contributed by atoms with van der Waals surface area (Å²) in [7, 11) is 1.42. The van der Waals surface area contributed by atoms with Gasteiger partial charge in [0, 0.05) is 35.8 Å². The summed E-state index contributed by atoms with van der Waals surface area (Å²) in [5.74, 6) is -0.256. The molecule has 0 unspecified atom stereocenters. The van der Waals surface area contributed by atoms with Gasteiger partial charge >= 0.3 is 6.18 Å². The molecule has 4 nitrogen and oxygen atoms in total. The zero-order chi connectivity index (χ0) is 21.6. The molecule has 0 aliphatic carbocycles. The van der Waals surface area contributed by atoms with Crippen molar-refractivity contribution < 1.29 is 22.3 Å². The number of alkyl halides is 3. The van der Waals surface area contributed by atoms with Crippen LogP contribution in [0.2, 0.25) is 5.02 Å². The minimum atomic E-state index is -4.52. The Morgan fingerprint density at radius 3 is 2.50 bits per heavy atom. The predicted molar refractivity (Wildman–Crippen MR) is 107 cm³/mol. The molecule has 2 aromatic carbocycles. The molecule has 4 aromatic rings. The van der Waals surface area contributed by atoms with Crippen LogP contribution in [0.1, 0.15) is 12.6 Å². The van der Waals surface area contributed by atoms with Crippen LogP contribution in [-0.2, 0) is 12.7 Å². The van der Waals surface area contributed by atoms with Gasteiger partial charge in [-0.2, -0.15) is 18.3 Å². The predicted octanol–water partition coefficient (Wildman–Crippen LogP) is 6.33. The number of halogens is 5. The number of aromatic nitrogens is 3. The average molecular weight is 438 g/mol. The van der Waals surface area contributed by atoms with Gasteiger partial charge in [-0.3, -0.25) is 4.68 Å². The Labute approximate surface area is 174 Å². The second-order valence-corrected chi connectivity index (χ2v) is 7.03. The highest BCUT2D eigenvalue weighted by molar-refractivity contribution is 6.32. The maximum atomic E-state index is 14.6. The summed E-state index contributed by atoms with van der Waals surface area (Å²) < 4.78 is 61.8. The minimum absolute atomic E-state index is 0.165. The van der Waals surface area contributed by atoms with Crippen molar-refractivity contribution in [3.05, 3.63) is 65.2 Å². The van der Waals surface area contributed by atoms with E-state index in [-0.39, 0.29) is 17.3 Å². The first-order valence-corrected chi connectivity index (χ1v) is 9.40. The van der Waals surface area contributed by atoms with Gasteiger partial charge in [-0.25, -0.2) is 4.39 Å². The van der Waals surface area contributed by atoms with Crippen LogP contribution in [0.5, 0.6) is 5.75 Å². The maximum Gasteiger partial charge on any atom is 0.435 e. The fraction of sp³-hybridized carbons (Fsp3) is 0.190. The lowest BCUT2D eigenvalue weighted by Crippen LogP contribution is -2.07. The zero-order valence-electron chi connectivity index (χ0n) is 16.0. The van der Waals surface area contributed by atoms with E-state index in [1.54, 1.807) is 42.0 Å². The first-order chi connectivity index (χ1) is 14.2. The van der Waals surface area contributed by atoms with Crippen LogP contribution in [0.3, 0.4) is 0 Å². The monoisotopic (exact) mass is 437 g/mol. The molecular weight excluding hydrogens is 422 g/mol. The molecule has 9 heteroatoms. The first kappa shape index (κ1) is 20.3. The number of benzene rings is 2. The molecule has 0 radical (unpaired) electrons. The minimum Gasteiger partial charge on any atom is -0.497 e. The van der Waals surface area contributed by atoms with Crippen LogP contribution < -0.4 is 4.74 Å². The number of methoxy groups -OCH3 is 1. The number of fused-ring (bicyclic) bond motifs is 1. The molecular formula is C21H16ClF4N3O. The Kier molecular flexibility index (Phi) is 4.97. The van der Waals surface area contributed by atoms with E-state index >= 15 is 0 Å². The van der Waals surface area contributed by atoms with Crippen LogP contribution in [0, 0.1) is 5.82 Å². The second-order valence-electron chi connectivity index (χ2n) is 6.63. The van der Waals surface area contributed by atoms with E-state index in [0.717, 1.165) is 11.5 Å². The van der Waals surface area contributed by atoms with E-state index < -0.39 is 17.7 Å². The number of hydrogen-bond donors (Lipinski definition) is 0. The summed E-state index contributed by atoms with van der Waals surface area (Å²) in [5.41, 5.74) is 0.810. The lowest BCUT2D eigenvalue weighted by molar-refractivity contribution is -0.141. The molecule has 4 rings (SSSR count). The van der Waals surface area contributed by atoms with E-state index in [4.69, 9.17) is 16.3 Å². The molecule has 30 heavy (non-hydrogen) atoms. The Bertz CT molecular complexity index is 1220. The summed E-state index contributed by atoms with van der Waals surface area (Å²) in [4.78, 5) is 0. The third-order valence-electron chi connectivity index (χ3n) is 4.82. The van der Waals surface area contributed by atoms with Crippen LogP contribution >= 0.6 is 11.6 Å². The molecule has 2 heterocycles. The molecule has 0 saturated heterocycles. The fourth-order valence-electron chi connectivity index (χ4n) is 3.42. The van der Waals surface area contributed by atoms with Crippen molar-refractivity contribution in [2.45, 2.75) is 19.6 Å². The van der Waals surface area contributed by atoms with Crippen LogP contribution in [0.15, 0.2) is 48.7 Å². The van der Waals surface area contributed by atoms with E-state index in [1.807, 2.05) is 0 Å². The number of aryl methyl sites for hydroxylation is 1. The Morgan fingerprint density at radius 2 is 1.87 bits per heavy atom. The fourth-order valence-corrected chi connectivity index (χ4v) is 3.70. The van der Waals surface area contributed by atoms with Crippen molar-refractivity contribution in [1.29, 1.82) is 0 Å². The van der Waals surface area contributed by atoms with Gasteiger partial charge in [0.1, 0.15) is 11.4 Å². The molecule has 0 saturated carbocycles. The number of hydrogen-bond acceptors (Lipinski definition) is 2. The van der Waals surface area contributed by atoms with Gasteiger partial charge in [0.2, 0.25) is 0 Å². The molecule has 0 bridgehead atoms. The van der Waals surface area contributed by atoms with Gasteiger partial charge in [0.25, 0.3) is 0 Å². The molecule has 0 fully saturated rings. The summed E-state index contributed by atoms with van der Waals surface area (Å²) in [6.45, 7) is 2.01. The first-order valence-electron chi connectivity index (χ1n) is 9.03. The third-order valence-corrected chi connectivity index (χ3v) is 5.11.